The van der Waals surface area contributed by atoms with Crippen LogP contribution in [0.3, 0.4) is 0 Å². The molecule has 6 nitrogen and oxygen atoms in total. The smallest absolute Gasteiger partial charge is 0.254 e. The standard InChI is InChI=1S/C19H30N2O4.ClH/c1-5-23-15-10-14(11-16(24-6-2)17(15)25-7-3)18(22)21-9-8-19(4,12-20)13-21;/h10-11H,5-9,12-13,20H2,1-4H3;1H. The molecule has 1 aliphatic rings. The van der Waals surface area contributed by atoms with E-state index in [4.69, 9.17) is 19.9 Å². The number of benzene rings is 1. The van der Waals surface area contributed by atoms with E-state index in [1.807, 2.05) is 25.7 Å². The van der Waals surface area contributed by atoms with E-state index >= 15 is 0 Å². The number of halogens is 1. The summed E-state index contributed by atoms with van der Waals surface area (Å²) in [6.45, 7) is 11.3. The zero-order valence-electron chi connectivity index (χ0n) is 16.2. The lowest BCUT2D eigenvalue weighted by molar-refractivity contribution is 0.0775. The highest BCUT2D eigenvalue weighted by Gasteiger charge is 2.35. The van der Waals surface area contributed by atoms with Crippen molar-refractivity contribution in [3.8, 4) is 17.2 Å². The summed E-state index contributed by atoms with van der Waals surface area (Å²) in [5, 5.41) is 0. The van der Waals surface area contributed by atoms with Crippen LogP contribution in [0.25, 0.3) is 0 Å². The van der Waals surface area contributed by atoms with Crippen molar-refractivity contribution in [1.29, 1.82) is 0 Å². The van der Waals surface area contributed by atoms with Crippen LogP contribution in [0.4, 0.5) is 0 Å². The molecular formula is C19H31ClN2O4. The van der Waals surface area contributed by atoms with Gasteiger partial charge >= 0.3 is 0 Å². The Balaban J connectivity index is 0.00000338. The first-order chi connectivity index (χ1) is 12.0. The van der Waals surface area contributed by atoms with Crippen molar-refractivity contribution in [2.75, 3.05) is 39.5 Å². The molecule has 148 valence electrons. The van der Waals surface area contributed by atoms with Gasteiger partial charge in [0.05, 0.1) is 19.8 Å². The largest absolute Gasteiger partial charge is 0.490 e. The summed E-state index contributed by atoms with van der Waals surface area (Å²) in [5.74, 6) is 1.61. The molecular weight excluding hydrogens is 356 g/mol. The third-order valence-electron chi connectivity index (χ3n) is 4.49. The summed E-state index contributed by atoms with van der Waals surface area (Å²) in [6.07, 6.45) is 0.920. The average Bonchev–Trinajstić information content (AvgIpc) is 3.00. The van der Waals surface area contributed by atoms with Gasteiger partial charge in [0.1, 0.15) is 0 Å². The minimum atomic E-state index is -0.0258. The van der Waals surface area contributed by atoms with Crippen LogP contribution < -0.4 is 19.9 Å². The van der Waals surface area contributed by atoms with Crippen molar-refractivity contribution >= 4 is 18.3 Å². The third-order valence-corrected chi connectivity index (χ3v) is 4.49. The fraction of sp³-hybridized carbons (Fsp3) is 0.632. The lowest BCUT2D eigenvalue weighted by Gasteiger charge is -2.23. The molecule has 26 heavy (non-hydrogen) atoms. The predicted molar refractivity (Wildman–Crippen MR) is 105 cm³/mol. The van der Waals surface area contributed by atoms with Gasteiger partial charge in [-0.2, -0.15) is 0 Å². The molecule has 1 aromatic carbocycles. The Morgan fingerprint density at radius 3 is 2.08 bits per heavy atom. The Labute approximate surface area is 162 Å². The molecule has 0 bridgehead atoms. The maximum absolute atomic E-state index is 13.0. The molecule has 2 rings (SSSR count). The van der Waals surface area contributed by atoms with Crippen LogP contribution in [-0.2, 0) is 0 Å². The number of ether oxygens (including phenoxy) is 3. The number of likely N-dealkylation sites (tertiary alicyclic amines) is 1. The topological polar surface area (TPSA) is 74.0 Å². The third kappa shape index (κ3) is 4.95. The lowest BCUT2D eigenvalue weighted by atomic mass is 9.90. The van der Waals surface area contributed by atoms with Crippen LogP contribution in [0.2, 0.25) is 0 Å². The van der Waals surface area contributed by atoms with Crippen LogP contribution >= 0.6 is 12.4 Å². The van der Waals surface area contributed by atoms with Crippen molar-refractivity contribution in [3.05, 3.63) is 17.7 Å². The summed E-state index contributed by atoms with van der Waals surface area (Å²) >= 11 is 0. The van der Waals surface area contributed by atoms with Gasteiger partial charge in [-0.25, -0.2) is 0 Å². The van der Waals surface area contributed by atoms with Crippen molar-refractivity contribution in [3.63, 3.8) is 0 Å². The summed E-state index contributed by atoms with van der Waals surface area (Å²) in [4.78, 5) is 14.8. The number of hydrogen-bond donors (Lipinski definition) is 1. The van der Waals surface area contributed by atoms with Gasteiger partial charge < -0.3 is 24.8 Å². The first-order valence-corrected chi connectivity index (χ1v) is 9.03. The summed E-state index contributed by atoms with van der Waals surface area (Å²) in [5.41, 5.74) is 6.40. The van der Waals surface area contributed by atoms with E-state index in [-0.39, 0.29) is 23.7 Å². The Kier molecular flexibility index (Phi) is 8.50. The fourth-order valence-corrected chi connectivity index (χ4v) is 3.06. The molecule has 1 aromatic rings. The van der Waals surface area contributed by atoms with Gasteiger partial charge in [0.15, 0.2) is 11.5 Å². The number of nitrogens with zero attached hydrogens (tertiary/aromatic N) is 1. The zero-order valence-corrected chi connectivity index (χ0v) is 17.0. The van der Waals surface area contributed by atoms with Gasteiger partial charge in [0, 0.05) is 18.7 Å². The molecule has 1 atom stereocenters. The van der Waals surface area contributed by atoms with Crippen molar-refractivity contribution in [1.82, 2.24) is 4.90 Å². The molecule has 1 unspecified atom stereocenters. The Morgan fingerprint density at radius 1 is 1.12 bits per heavy atom. The van der Waals surface area contributed by atoms with Crippen molar-refractivity contribution in [2.24, 2.45) is 11.1 Å². The average molecular weight is 387 g/mol. The van der Waals surface area contributed by atoms with Crippen LogP contribution in [0.1, 0.15) is 44.5 Å². The van der Waals surface area contributed by atoms with E-state index in [9.17, 15) is 4.79 Å². The van der Waals surface area contributed by atoms with Gasteiger partial charge in [0.2, 0.25) is 5.75 Å². The maximum Gasteiger partial charge on any atom is 0.254 e. The van der Waals surface area contributed by atoms with Gasteiger partial charge in [0.25, 0.3) is 5.91 Å². The monoisotopic (exact) mass is 386 g/mol. The highest BCUT2D eigenvalue weighted by molar-refractivity contribution is 5.96. The van der Waals surface area contributed by atoms with Crippen LogP contribution in [-0.4, -0.2) is 50.3 Å². The minimum Gasteiger partial charge on any atom is -0.490 e. The molecule has 0 spiro atoms. The van der Waals surface area contributed by atoms with E-state index in [1.165, 1.54) is 0 Å². The number of amides is 1. The van der Waals surface area contributed by atoms with E-state index < -0.39 is 0 Å². The zero-order chi connectivity index (χ0) is 18.4. The fourth-order valence-electron chi connectivity index (χ4n) is 3.06. The second kappa shape index (κ2) is 9.88. The van der Waals surface area contributed by atoms with E-state index in [0.29, 0.717) is 62.3 Å². The SMILES string of the molecule is CCOc1cc(C(=O)N2CCC(C)(CN)C2)cc(OCC)c1OCC.Cl. The molecule has 0 radical (unpaired) electrons. The summed E-state index contributed by atoms with van der Waals surface area (Å²) in [6, 6.07) is 3.49. The first-order valence-electron chi connectivity index (χ1n) is 9.03. The number of rotatable bonds is 8. The molecule has 2 N–H and O–H groups in total. The minimum absolute atomic E-state index is 0. The summed E-state index contributed by atoms with van der Waals surface area (Å²) in [7, 11) is 0. The molecule has 0 aromatic heterocycles. The molecule has 0 saturated carbocycles. The molecule has 1 aliphatic heterocycles. The molecule has 1 amide bonds. The highest BCUT2D eigenvalue weighted by atomic mass is 35.5. The molecule has 1 saturated heterocycles. The Hall–Kier alpha value is -1.66. The van der Waals surface area contributed by atoms with Gasteiger partial charge in [-0.3, -0.25) is 4.79 Å². The first kappa shape index (κ1) is 22.4. The van der Waals surface area contributed by atoms with E-state index in [0.717, 1.165) is 6.42 Å². The molecule has 1 fully saturated rings. The maximum atomic E-state index is 13.0. The molecule has 7 heteroatoms. The normalized spacial score (nSPS) is 19.0. The van der Waals surface area contributed by atoms with Gasteiger partial charge in [-0.1, -0.05) is 6.92 Å². The Morgan fingerprint density at radius 2 is 1.65 bits per heavy atom. The van der Waals surface area contributed by atoms with E-state index in [2.05, 4.69) is 6.92 Å². The second-order valence-corrected chi connectivity index (χ2v) is 6.59. The van der Waals surface area contributed by atoms with Gasteiger partial charge in [-0.15, -0.1) is 12.4 Å². The molecule has 1 heterocycles. The number of hydrogen-bond acceptors (Lipinski definition) is 5. The van der Waals surface area contributed by atoms with Crippen LogP contribution in [0, 0.1) is 5.41 Å². The predicted octanol–water partition coefficient (Wildman–Crippen LogP) is 3.12. The summed E-state index contributed by atoms with van der Waals surface area (Å²) < 4.78 is 17.1. The van der Waals surface area contributed by atoms with Crippen molar-refractivity contribution < 1.29 is 19.0 Å². The number of nitrogens with two attached hydrogens (primary N) is 1. The number of carbonyl (C=O) groups excluding carboxylic acids is 1. The highest BCUT2D eigenvalue weighted by Crippen LogP contribution is 2.40. The Bertz CT molecular complexity index is 584. The quantitative estimate of drug-likeness (QED) is 0.743. The van der Waals surface area contributed by atoms with Crippen LogP contribution in [0.5, 0.6) is 17.2 Å². The van der Waals surface area contributed by atoms with Crippen molar-refractivity contribution in [2.45, 2.75) is 34.1 Å². The molecule has 0 aliphatic carbocycles. The van der Waals surface area contributed by atoms with Gasteiger partial charge in [-0.05, 0) is 51.3 Å². The van der Waals surface area contributed by atoms with E-state index in [1.54, 1.807) is 12.1 Å². The van der Waals surface area contributed by atoms with Crippen LogP contribution in [0.15, 0.2) is 12.1 Å². The number of carbonyl (C=O) groups is 1. The lowest BCUT2D eigenvalue weighted by Crippen LogP contribution is -2.34. The second-order valence-electron chi connectivity index (χ2n) is 6.59.